The van der Waals surface area contributed by atoms with Gasteiger partial charge in [0.05, 0.1) is 5.69 Å². The number of nitrogen functional groups attached to an aromatic ring is 1. The SMILES string of the molecule is CNC(C)(C)C=C(C#N)C(=O)N1CCC(n2c(=O)n(-c3ccc(Oc4ccccc4)cc3)c3c(N)ncnc32)CC1. The predicted octanol–water partition coefficient (Wildman–Crippen LogP) is 3.57. The van der Waals surface area contributed by atoms with Crippen molar-refractivity contribution in [2.24, 2.45) is 0 Å². The molecule has 4 aromatic rings. The second-order valence-electron chi connectivity index (χ2n) is 10.5. The highest BCUT2D eigenvalue weighted by molar-refractivity contribution is 5.97. The first kappa shape index (κ1) is 27.6. The molecule has 1 amide bonds. The van der Waals surface area contributed by atoms with E-state index in [1.807, 2.05) is 50.2 Å². The van der Waals surface area contributed by atoms with Crippen LogP contribution in [-0.2, 0) is 4.79 Å². The standard InChI is InChI=1S/C30H32N8O3/c1-30(2,33-3)17-20(18-31)28(39)36-15-13-22(14-16-36)38-27-25(26(32)34-19-35-27)37(29(38)40)21-9-11-24(12-10-21)41-23-7-5-4-6-8-23/h4-12,17,19,22,33H,13-16H2,1-3H3,(H2,32,34,35). The number of benzene rings is 2. The summed E-state index contributed by atoms with van der Waals surface area (Å²) in [5.41, 5.74) is 7.03. The van der Waals surface area contributed by atoms with Gasteiger partial charge in [0, 0.05) is 24.7 Å². The predicted molar refractivity (Wildman–Crippen MR) is 156 cm³/mol. The summed E-state index contributed by atoms with van der Waals surface area (Å²) in [6, 6.07) is 18.4. The van der Waals surface area contributed by atoms with Crippen LogP contribution in [0.25, 0.3) is 16.9 Å². The van der Waals surface area contributed by atoms with Crippen LogP contribution in [-0.4, -0.2) is 55.6 Å². The summed E-state index contributed by atoms with van der Waals surface area (Å²) in [7, 11) is 1.78. The van der Waals surface area contributed by atoms with E-state index in [4.69, 9.17) is 10.5 Å². The van der Waals surface area contributed by atoms with Gasteiger partial charge in [0.2, 0.25) is 0 Å². The van der Waals surface area contributed by atoms with E-state index in [0.717, 1.165) is 0 Å². The molecule has 1 fully saturated rings. The minimum Gasteiger partial charge on any atom is -0.457 e. The number of nitrogens with one attached hydrogen (secondary N) is 1. The molecule has 1 aliphatic rings. The number of likely N-dealkylation sites (N-methyl/N-ethyl adjacent to an activating group) is 1. The number of hydrogen-bond acceptors (Lipinski definition) is 8. The number of aromatic nitrogens is 4. The first-order valence-electron chi connectivity index (χ1n) is 13.4. The molecule has 3 N–H and O–H groups in total. The van der Waals surface area contributed by atoms with Crippen molar-refractivity contribution in [3.8, 4) is 23.3 Å². The molecule has 2 aromatic heterocycles. The van der Waals surface area contributed by atoms with Crippen LogP contribution in [0, 0.1) is 11.3 Å². The van der Waals surface area contributed by atoms with Crippen LogP contribution in [0.5, 0.6) is 11.5 Å². The van der Waals surface area contributed by atoms with E-state index in [2.05, 4.69) is 15.3 Å². The molecule has 0 atom stereocenters. The third-order valence-corrected chi connectivity index (χ3v) is 7.37. The number of para-hydroxylation sites is 1. The largest absolute Gasteiger partial charge is 0.457 e. The maximum absolute atomic E-state index is 13.9. The number of amides is 1. The van der Waals surface area contributed by atoms with Crippen molar-refractivity contribution in [2.45, 2.75) is 38.3 Å². The van der Waals surface area contributed by atoms with Gasteiger partial charge in [0.15, 0.2) is 11.5 Å². The van der Waals surface area contributed by atoms with Gasteiger partial charge in [0.1, 0.15) is 35.0 Å². The number of ether oxygens (including phenoxy) is 1. The van der Waals surface area contributed by atoms with Crippen LogP contribution in [0.15, 0.2) is 77.4 Å². The highest BCUT2D eigenvalue weighted by atomic mass is 16.5. The summed E-state index contributed by atoms with van der Waals surface area (Å²) >= 11 is 0. The molecular weight excluding hydrogens is 520 g/mol. The van der Waals surface area contributed by atoms with Crippen LogP contribution in [0.4, 0.5) is 5.82 Å². The fourth-order valence-electron chi connectivity index (χ4n) is 5.00. The van der Waals surface area contributed by atoms with Crippen LogP contribution >= 0.6 is 0 Å². The molecule has 0 radical (unpaired) electrons. The molecule has 210 valence electrons. The molecule has 41 heavy (non-hydrogen) atoms. The fraction of sp³-hybridized carbons (Fsp3) is 0.300. The number of hydrogen-bond donors (Lipinski definition) is 2. The zero-order valence-electron chi connectivity index (χ0n) is 23.2. The molecule has 5 rings (SSSR count). The molecule has 3 heterocycles. The number of piperidine rings is 1. The Morgan fingerprint density at radius 2 is 1.76 bits per heavy atom. The Kier molecular flexibility index (Phi) is 7.59. The van der Waals surface area contributed by atoms with Gasteiger partial charge in [-0.3, -0.25) is 13.9 Å². The number of fused-ring (bicyclic) bond motifs is 1. The molecule has 0 aliphatic carbocycles. The molecule has 11 heteroatoms. The highest BCUT2D eigenvalue weighted by Gasteiger charge is 2.30. The lowest BCUT2D eigenvalue weighted by atomic mass is 9.99. The number of carbonyl (C=O) groups excluding carboxylic acids is 1. The van der Waals surface area contributed by atoms with Gasteiger partial charge in [-0.15, -0.1) is 0 Å². The van der Waals surface area contributed by atoms with Gasteiger partial charge in [-0.05, 0) is 76.2 Å². The minimum absolute atomic E-state index is 0.0942. The van der Waals surface area contributed by atoms with Gasteiger partial charge in [-0.2, -0.15) is 5.26 Å². The number of nitriles is 1. The van der Waals surface area contributed by atoms with Crippen LogP contribution in [0.2, 0.25) is 0 Å². The van der Waals surface area contributed by atoms with E-state index in [-0.39, 0.29) is 29.0 Å². The maximum atomic E-state index is 13.9. The summed E-state index contributed by atoms with van der Waals surface area (Å²) < 4.78 is 9.06. The second kappa shape index (κ2) is 11.3. The van der Waals surface area contributed by atoms with E-state index in [1.54, 1.807) is 46.9 Å². The van der Waals surface area contributed by atoms with Gasteiger partial charge in [-0.25, -0.2) is 14.8 Å². The Bertz CT molecular complexity index is 1690. The molecule has 1 aliphatic heterocycles. The van der Waals surface area contributed by atoms with Gasteiger partial charge >= 0.3 is 5.69 Å². The Morgan fingerprint density at radius 3 is 2.39 bits per heavy atom. The Balaban J connectivity index is 1.42. The summed E-state index contributed by atoms with van der Waals surface area (Å²) in [6.07, 6.45) is 4.04. The molecule has 1 saturated heterocycles. The summed E-state index contributed by atoms with van der Waals surface area (Å²) in [5.74, 6) is 1.22. The molecular formula is C30H32N8O3. The third-order valence-electron chi connectivity index (χ3n) is 7.37. The fourth-order valence-corrected chi connectivity index (χ4v) is 5.00. The van der Waals surface area contributed by atoms with Crippen molar-refractivity contribution >= 4 is 22.9 Å². The van der Waals surface area contributed by atoms with Crippen molar-refractivity contribution < 1.29 is 9.53 Å². The average molecular weight is 553 g/mol. The number of carbonyl (C=O) groups is 1. The number of rotatable bonds is 7. The van der Waals surface area contributed by atoms with Gasteiger partial charge < -0.3 is 20.7 Å². The van der Waals surface area contributed by atoms with Crippen molar-refractivity contribution in [1.29, 1.82) is 5.26 Å². The summed E-state index contributed by atoms with van der Waals surface area (Å²) in [6.45, 7) is 4.58. The van der Waals surface area contributed by atoms with E-state index in [0.29, 0.717) is 54.3 Å². The first-order chi connectivity index (χ1) is 19.7. The highest BCUT2D eigenvalue weighted by Crippen LogP contribution is 2.29. The summed E-state index contributed by atoms with van der Waals surface area (Å²) in [4.78, 5) is 37.3. The number of anilines is 1. The third kappa shape index (κ3) is 5.55. The monoisotopic (exact) mass is 552 g/mol. The quantitative estimate of drug-likeness (QED) is 0.262. The number of likely N-dealkylation sites (tertiary alicyclic amines) is 1. The normalized spacial score (nSPS) is 14.7. The Labute approximate surface area is 237 Å². The zero-order valence-corrected chi connectivity index (χ0v) is 23.2. The van der Waals surface area contributed by atoms with Crippen LogP contribution < -0.4 is 21.5 Å². The lowest BCUT2D eigenvalue weighted by Crippen LogP contribution is -2.42. The summed E-state index contributed by atoms with van der Waals surface area (Å²) in [5, 5.41) is 12.7. The minimum atomic E-state index is -0.500. The zero-order chi connectivity index (χ0) is 29.1. The molecule has 11 nitrogen and oxygen atoms in total. The molecule has 0 unspecified atom stereocenters. The van der Waals surface area contributed by atoms with E-state index < -0.39 is 5.54 Å². The van der Waals surface area contributed by atoms with Crippen molar-refractivity contribution in [3.05, 3.63) is 83.1 Å². The number of nitrogens with zero attached hydrogens (tertiary/aromatic N) is 6. The molecule has 0 bridgehead atoms. The molecule has 0 spiro atoms. The van der Waals surface area contributed by atoms with E-state index >= 15 is 0 Å². The molecule has 0 saturated carbocycles. The lowest BCUT2D eigenvalue weighted by Gasteiger charge is -2.32. The number of nitrogens with two attached hydrogens (primary N) is 1. The lowest BCUT2D eigenvalue weighted by molar-refractivity contribution is -0.128. The smallest absolute Gasteiger partial charge is 0.335 e. The topological polar surface area (TPSA) is 144 Å². The number of imidazole rings is 1. The van der Waals surface area contributed by atoms with Crippen LogP contribution in [0.1, 0.15) is 32.7 Å². The van der Waals surface area contributed by atoms with Gasteiger partial charge in [-0.1, -0.05) is 18.2 Å². The Hall–Kier alpha value is -4.95. The van der Waals surface area contributed by atoms with Gasteiger partial charge in [0.25, 0.3) is 5.91 Å². The second-order valence-corrected chi connectivity index (χ2v) is 10.5. The molecule has 2 aromatic carbocycles. The van der Waals surface area contributed by atoms with Crippen molar-refractivity contribution in [3.63, 3.8) is 0 Å². The van der Waals surface area contributed by atoms with Crippen molar-refractivity contribution in [1.82, 2.24) is 29.3 Å². The maximum Gasteiger partial charge on any atom is 0.335 e. The van der Waals surface area contributed by atoms with Crippen molar-refractivity contribution in [2.75, 3.05) is 25.9 Å². The van der Waals surface area contributed by atoms with Crippen LogP contribution in [0.3, 0.4) is 0 Å². The first-order valence-corrected chi connectivity index (χ1v) is 13.4. The Morgan fingerprint density at radius 1 is 1.10 bits per heavy atom. The average Bonchev–Trinajstić information content (AvgIpc) is 3.29. The van der Waals surface area contributed by atoms with E-state index in [1.165, 1.54) is 10.9 Å². The van der Waals surface area contributed by atoms with E-state index in [9.17, 15) is 14.9 Å².